The second-order valence-corrected chi connectivity index (χ2v) is 8.27. The van der Waals surface area contributed by atoms with E-state index in [0.29, 0.717) is 10.6 Å². The van der Waals surface area contributed by atoms with Crippen molar-refractivity contribution in [2.45, 2.75) is 25.7 Å². The van der Waals surface area contributed by atoms with Gasteiger partial charge < -0.3 is 0 Å². The standard InChI is InChI=1S/C18H18N2O2S2/c1-12-9-14(3)17(10-13(12)2)24(21,22)20-16-6-4-5-15(11-16)18-19-7-8-23-18/h4-11,20H,1-3H3. The summed E-state index contributed by atoms with van der Waals surface area (Å²) < 4.78 is 28.2. The van der Waals surface area contributed by atoms with Gasteiger partial charge in [-0.3, -0.25) is 4.72 Å². The molecule has 0 saturated heterocycles. The zero-order valence-electron chi connectivity index (χ0n) is 13.7. The summed E-state index contributed by atoms with van der Waals surface area (Å²) in [7, 11) is -3.64. The van der Waals surface area contributed by atoms with E-state index in [0.717, 1.165) is 27.3 Å². The van der Waals surface area contributed by atoms with Crippen molar-refractivity contribution in [3.05, 3.63) is 64.7 Å². The molecule has 0 atom stereocenters. The van der Waals surface area contributed by atoms with Crippen molar-refractivity contribution >= 4 is 27.0 Å². The molecule has 4 nitrogen and oxygen atoms in total. The van der Waals surface area contributed by atoms with Gasteiger partial charge in [0.2, 0.25) is 0 Å². The van der Waals surface area contributed by atoms with E-state index >= 15 is 0 Å². The third kappa shape index (κ3) is 3.34. The molecule has 0 spiro atoms. The van der Waals surface area contributed by atoms with E-state index in [2.05, 4.69) is 9.71 Å². The van der Waals surface area contributed by atoms with Gasteiger partial charge in [-0.2, -0.15) is 0 Å². The highest BCUT2D eigenvalue weighted by molar-refractivity contribution is 7.92. The van der Waals surface area contributed by atoms with Crippen molar-refractivity contribution in [2.24, 2.45) is 0 Å². The normalized spacial score (nSPS) is 11.5. The Morgan fingerprint density at radius 1 is 1.00 bits per heavy atom. The van der Waals surface area contributed by atoms with Crippen LogP contribution in [0, 0.1) is 20.8 Å². The van der Waals surface area contributed by atoms with Crippen LogP contribution in [0.1, 0.15) is 16.7 Å². The van der Waals surface area contributed by atoms with Gasteiger partial charge in [0, 0.05) is 22.8 Å². The van der Waals surface area contributed by atoms with Crippen LogP contribution in [-0.2, 0) is 10.0 Å². The van der Waals surface area contributed by atoms with Crippen LogP contribution in [0.25, 0.3) is 10.6 Å². The molecule has 0 radical (unpaired) electrons. The molecule has 24 heavy (non-hydrogen) atoms. The van der Waals surface area contributed by atoms with Gasteiger partial charge >= 0.3 is 0 Å². The number of nitrogens with zero attached hydrogens (tertiary/aromatic N) is 1. The first-order valence-corrected chi connectivity index (χ1v) is 9.84. The first kappa shape index (κ1) is 16.7. The number of anilines is 1. The molecular formula is C18H18N2O2S2. The van der Waals surface area contributed by atoms with Gasteiger partial charge in [-0.1, -0.05) is 18.2 Å². The molecule has 0 saturated carbocycles. The monoisotopic (exact) mass is 358 g/mol. The number of rotatable bonds is 4. The first-order valence-electron chi connectivity index (χ1n) is 7.47. The Morgan fingerprint density at radius 3 is 2.46 bits per heavy atom. The quantitative estimate of drug-likeness (QED) is 0.745. The minimum absolute atomic E-state index is 0.310. The van der Waals surface area contributed by atoms with Crippen molar-refractivity contribution in [3.63, 3.8) is 0 Å². The maximum absolute atomic E-state index is 12.8. The molecule has 1 aromatic heterocycles. The van der Waals surface area contributed by atoms with Crippen molar-refractivity contribution in [3.8, 4) is 10.6 Å². The number of aromatic nitrogens is 1. The highest BCUT2D eigenvalue weighted by Gasteiger charge is 2.18. The number of thiazole rings is 1. The number of hydrogen-bond donors (Lipinski definition) is 1. The summed E-state index contributed by atoms with van der Waals surface area (Å²) in [5.74, 6) is 0. The Morgan fingerprint density at radius 2 is 1.75 bits per heavy atom. The topological polar surface area (TPSA) is 59.1 Å². The molecule has 3 rings (SSSR count). The number of sulfonamides is 1. The average Bonchev–Trinajstić information content (AvgIpc) is 3.05. The molecule has 2 aromatic carbocycles. The molecule has 0 aliphatic carbocycles. The zero-order chi connectivity index (χ0) is 17.3. The van der Waals surface area contributed by atoms with Crippen LogP contribution in [0.2, 0.25) is 0 Å². The summed E-state index contributed by atoms with van der Waals surface area (Å²) in [6.45, 7) is 5.70. The van der Waals surface area contributed by atoms with Crippen LogP contribution in [0.4, 0.5) is 5.69 Å². The third-order valence-corrected chi connectivity index (χ3v) is 6.22. The predicted octanol–water partition coefficient (Wildman–Crippen LogP) is 4.54. The van der Waals surface area contributed by atoms with Crippen LogP contribution in [0.5, 0.6) is 0 Å². The summed E-state index contributed by atoms with van der Waals surface area (Å²) in [5, 5.41) is 2.75. The smallest absolute Gasteiger partial charge is 0.262 e. The molecule has 0 bridgehead atoms. The Hall–Kier alpha value is -2.18. The molecule has 0 unspecified atom stereocenters. The summed E-state index contributed by atoms with van der Waals surface area (Å²) in [6, 6.07) is 10.9. The SMILES string of the molecule is Cc1cc(C)c(S(=O)(=O)Nc2cccc(-c3nccs3)c2)cc1C. The highest BCUT2D eigenvalue weighted by atomic mass is 32.2. The van der Waals surface area contributed by atoms with Gasteiger partial charge in [-0.05, 0) is 55.7 Å². The van der Waals surface area contributed by atoms with E-state index in [-0.39, 0.29) is 0 Å². The van der Waals surface area contributed by atoms with Crippen LogP contribution in [0.3, 0.4) is 0 Å². The number of nitrogens with one attached hydrogen (secondary N) is 1. The van der Waals surface area contributed by atoms with Gasteiger partial charge in [0.05, 0.1) is 4.90 Å². The van der Waals surface area contributed by atoms with Crippen LogP contribution in [0.15, 0.2) is 52.9 Å². The van der Waals surface area contributed by atoms with Gasteiger partial charge in [-0.25, -0.2) is 13.4 Å². The van der Waals surface area contributed by atoms with Crippen molar-refractivity contribution in [1.29, 1.82) is 0 Å². The molecule has 0 aliphatic heterocycles. The lowest BCUT2D eigenvalue weighted by atomic mass is 10.1. The van der Waals surface area contributed by atoms with Gasteiger partial charge in [0.15, 0.2) is 0 Å². The molecule has 0 fully saturated rings. The number of hydrogen-bond acceptors (Lipinski definition) is 4. The fraction of sp³-hybridized carbons (Fsp3) is 0.167. The van der Waals surface area contributed by atoms with E-state index in [4.69, 9.17) is 0 Å². The van der Waals surface area contributed by atoms with E-state index in [1.807, 2.05) is 44.4 Å². The minimum Gasteiger partial charge on any atom is -0.280 e. The maximum atomic E-state index is 12.8. The van der Waals surface area contributed by atoms with E-state index in [9.17, 15) is 8.42 Å². The number of aryl methyl sites for hydroxylation is 3. The Bertz CT molecular complexity index is 978. The van der Waals surface area contributed by atoms with Gasteiger partial charge in [0.25, 0.3) is 10.0 Å². The molecule has 0 aliphatic rings. The molecule has 124 valence electrons. The van der Waals surface area contributed by atoms with Crippen LogP contribution >= 0.6 is 11.3 Å². The minimum atomic E-state index is -3.64. The van der Waals surface area contributed by atoms with Crippen molar-refractivity contribution < 1.29 is 8.42 Å². The molecule has 1 N–H and O–H groups in total. The average molecular weight is 358 g/mol. The second-order valence-electron chi connectivity index (χ2n) is 5.73. The Labute approximate surface area is 146 Å². The molecule has 6 heteroatoms. The molecule has 0 amide bonds. The lowest BCUT2D eigenvalue weighted by Crippen LogP contribution is -2.14. The fourth-order valence-corrected chi connectivity index (χ4v) is 4.51. The van der Waals surface area contributed by atoms with Gasteiger partial charge in [-0.15, -0.1) is 11.3 Å². The van der Waals surface area contributed by atoms with Crippen LogP contribution < -0.4 is 4.72 Å². The molecular weight excluding hydrogens is 340 g/mol. The number of benzene rings is 2. The summed E-state index contributed by atoms with van der Waals surface area (Å²) in [4.78, 5) is 4.57. The fourth-order valence-electron chi connectivity index (χ4n) is 2.52. The highest BCUT2D eigenvalue weighted by Crippen LogP contribution is 2.27. The van der Waals surface area contributed by atoms with Gasteiger partial charge in [0.1, 0.15) is 5.01 Å². The van der Waals surface area contributed by atoms with Crippen molar-refractivity contribution in [1.82, 2.24) is 4.98 Å². The van der Waals surface area contributed by atoms with E-state index in [1.54, 1.807) is 24.4 Å². The maximum Gasteiger partial charge on any atom is 0.262 e. The lowest BCUT2D eigenvalue weighted by molar-refractivity contribution is 0.600. The second kappa shape index (κ2) is 6.37. The summed E-state index contributed by atoms with van der Waals surface area (Å²) in [5.41, 5.74) is 4.19. The lowest BCUT2D eigenvalue weighted by Gasteiger charge is -2.13. The van der Waals surface area contributed by atoms with Crippen molar-refractivity contribution in [2.75, 3.05) is 4.72 Å². The van der Waals surface area contributed by atoms with E-state index < -0.39 is 10.0 Å². The van der Waals surface area contributed by atoms with E-state index in [1.165, 1.54) is 11.3 Å². The Kier molecular flexibility index (Phi) is 4.43. The Balaban J connectivity index is 1.96. The van der Waals surface area contributed by atoms with Crippen LogP contribution in [-0.4, -0.2) is 13.4 Å². The largest absolute Gasteiger partial charge is 0.280 e. The molecule has 1 heterocycles. The first-order chi connectivity index (χ1) is 11.4. The zero-order valence-corrected chi connectivity index (χ0v) is 15.3. The predicted molar refractivity (Wildman–Crippen MR) is 99.0 cm³/mol. The summed E-state index contributed by atoms with van der Waals surface area (Å²) >= 11 is 1.52. The molecule has 3 aromatic rings. The summed E-state index contributed by atoms with van der Waals surface area (Å²) in [6.07, 6.45) is 1.73. The third-order valence-electron chi connectivity index (χ3n) is 3.87.